The van der Waals surface area contributed by atoms with Crippen molar-refractivity contribution >= 4 is 17.7 Å². The molecule has 0 aromatic heterocycles. The molecule has 3 fully saturated rings. The van der Waals surface area contributed by atoms with Crippen LogP contribution in [0.25, 0.3) is 0 Å². The van der Waals surface area contributed by atoms with Gasteiger partial charge in [0.1, 0.15) is 6.04 Å². The number of hydrogen-bond acceptors (Lipinski definition) is 3. The predicted molar refractivity (Wildman–Crippen MR) is 88.7 cm³/mol. The third-order valence-electron chi connectivity index (χ3n) is 6.44. The summed E-state index contributed by atoms with van der Waals surface area (Å²) in [5.41, 5.74) is 0. The van der Waals surface area contributed by atoms with Gasteiger partial charge in [0.25, 0.3) is 0 Å². The highest BCUT2D eigenvalue weighted by molar-refractivity contribution is 6.09. The van der Waals surface area contributed by atoms with E-state index >= 15 is 0 Å². The van der Waals surface area contributed by atoms with E-state index in [0.717, 1.165) is 45.2 Å². The molecule has 2 saturated heterocycles. The molecule has 130 valence electrons. The van der Waals surface area contributed by atoms with E-state index in [1.165, 1.54) is 4.90 Å². The van der Waals surface area contributed by atoms with Crippen LogP contribution in [0, 0.1) is 23.7 Å². The number of fused-ring (bicyclic) bond motifs is 1. The van der Waals surface area contributed by atoms with Crippen LogP contribution in [0.5, 0.6) is 0 Å². The number of carbonyl (C=O) groups excluding carboxylic acids is 3. The number of nitrogens with zero attached hydrogens (tertiary/aromatic N) is 2. The standard InChI is InChI=1S/C19H26N2O3/c1-2-14(17(22)20-10-4-3-5-11-20)21-18(23)15-12-6-7-13(9-8-12)16(15)19(21)24/h6-7,12-16H,2-5,8-11H2,1H3/t12-,13-,14-,15-,16+/m0/s1. The van der Waals surface area contributed by atoms with E-state index in [4.69, 9.17) is 0 Å². The monoisotopic (exact) mass is 330 g/mol. The zero-order valence-electron chi connectivity index (χ0n) is 14.3. The average molecular weight is 330 g/mol. The van der Waals surface area contributed by atoms with Gasteiger partial charge in [-0.25, -0.2) is 0 Å². The van der Waals surface area contributed by atoms with Crippen molar-refractivity contribution in [3.05, 3.63) is 12.2 Å². The van der Waals surface area contributed by atoms with E-state index < -0.39 is 6.04 Å². The molecule has 5 aliphatic rings. The molecule has 3 aliphatic carbocycles. The predicted octanol–water partition coefficient (Wildman–Crippen LogP) is 1.97. The second kappa shape index (κ2) is 6.01. The van der Waals surface area contributed by atoms with Crippen LogP contribution in [-0.2, 0) is 14.4 Å². The summed E-state index contributed by atoms with van der Waals surface area (Å²) in [6, 6.07) is -0.604. The third-order valence-corrected chi connectivity index (χ3v) is 6.44. The molecule has 0 aromatic carbocycles. The van der Waals surface area contributed by atoms with Crippen LogP contribution in [0.1, 0.15) is 45.4 Å². The van der Waals surface area contributed by atoms with Crippen molar-refractivity contribution in [3.8, 4) is 0 Å². The van der Waals surface area contributed by atoms with E-state index in [0.29, 0.717) is 6.42 Å². The van der Waals surface area contributed by atoms with Gasteiger partial charge < -0.3 is 4.90 Å². The molecule has 0 N–H and O–H groups in total. The molecule has 1 saturated carbocycles. The van der Waals surface area contributed by atoms with Crippen LogP contribution in [0.3, 0.4) is 0 Å². The molecule has 5 nitrogen and oxygen atoms in total. The fourth-order valence-electron chi connectivity index (χ4n) is 5.20. The van der Waals surface area contributed by atoms with Crippen LogP contribution < -0.4 is 0 Å². The maximum atomic E-state index is 13.0. The summed E-state index contributed by atoms with van der Waals surface area (Å²) in [6.45, 7) is 3.42. The van der Waals surface area contributed by atoms with Crippen molar-refractivity contribution in [3.63, 3.8) is 0 Å². The highest BCUT2D eigenvalue weighted by Gasteiger charge is 2.58. The Morgan fingerprint density at radius 2 is 1.58 bits per heavy atom. The lowest BCUT2D eigenvalue weighted by Crippen LogP contribution is -2.52. The first-order valence-electron chi connectivity index (χ1n) is 9.47. The number of likely N-dealkylation sites (tertiary alicyclic amines) is 2. The lowest BCUT2D eigenvalue weighted by Gasteiger charge is -2.38. The van der Waals surface area contributed by atoms with E-state index in [2.05, 4.69) is 12.2 Å². The zero-order chi connectivity index (χ0) is 16.8. The topological polar surface area (TPSA) is 57.7 Å². The van der Waals surface area contributed by atoms with Crippen molar-refractivity contribution in [2.45, 2.75) is 51.5 Å². The smallest absolute Gasteiger partial charge is 0.245 e. The van der Waals surface area contributed by atoms with Crippen LogP contribution >= 0.6 is 0 Å². The van der Waals surface area contributed by atoms with Gasteiger partial charge in [0.05, 0.1) is 11.8 Å². The normalized spacial score (nSPS) is 36.2. The lowest BCUT2D eigenvalue weighted by atomic mass is 9.63. The summed E-state index contributed by atoms with van der Waals surface area (Å²) < 4.78 is 0. The van der Waals surface area contributed by atoms with Crippen molar-refractivity contribution < 1.29 is 14.4 Å². The van der Waals surface area contributed by atoms with Crippen LogP contribution in [-0.4, -0.2) is 46.7 Å². The molecule has 2 bridgehead atoms. The first-order chi connectivity index (χ1) is 11.6. The SMILES string of the molecule is CC[C@@H](C(=O)N1CCCCC1)N1C(=O)[C@@H]2[C@H](C1=O)[C@H]1C=C[C@H]2CC1. The largest absolute Gasteiger partial charge is 0.341 e. The van der Waals surface area contributed by atoms with Crippen LogP contribution in [0.2, 0.25) is 0 Å². The number of imide groups is 1. The molecule has 24 heavy (non-hydrogen) atoms. The second-order valence-electron chi connectivity index (χ2n) is 7.70. The minimum absolute atomic E-state index is 0.0298. The van der Waals surface area contributed by atoms with Gasteiger partial charge in [-0.2, -0.15) is 0 Å². The molecule has 3 amide bonds. The fourth-order valence-corrected chi connectivity index (χ4v) is 5.20. The lowest BCUT2D eigenvalue weighted by molar-refractivity contribution is -0.152. The van der Waals surface area contributed by atoms with Gasteiger partial charge in [-0.15, -0.1) is 0 Å². The summed E-state index contributed by atoms with van der Waals surface area (Å²) in [4.78, 5) is 42.2. The van der Waals surface area contributed by atoms with Gasteiger partial charge in [-0.1, -0.05) is 19.1 Å². The number of rotatable bonds is 3. The molecular weight excluding hydrogens is 304 g/mol. The van der Waals surface area contributed by atoms with E-state index in [9.17, 15) is 14.4 Å². The molecule has 0 spiro atoms. The molecule has 0 radical (unpaired) electrons. The number of allylic oxidation sites excluding steroid dienone is 2. The van der Waals surface area contributed by atoms with Crippen LogP contribution in [0.15, 0.2) is 12.2 Å². The molecule has 0 aromatic rings. The minimum atomic E-state index is -0.604. The van der Waals surface area contributed by atoms with Gasteiger partial charge in [0, 0.05) is 13.1 Å². The highest BCUT2D eigenvalue weighted by atomic mass is 16.2. The van der Waals surface area contributed by atoms with Crippen molar-refractivity contribution in [1.29, 1.82) is 0 Å². The molecule has 2 heterocycles. The maximum absolute atomic E-state index is 13.0. The Labute approximate surface area is 143 Å². The molecule has 2 aliphatic heterocycles. The van der Waals surface area contributed by atoms with Gasteiger partial charge in [0.15, 0.2) is 0 Å². The summed E-state index contributed by atoms with van der Waals surface area (Å²) in [6.07, 6.45) is 9.93. The Kier molecular flexibility index (Phi) is 3.97. The number of hydrogen-bond donors (Lipinski definition) is 0. The Hall–Kier alpha value is -1.65. The van der Waals surface area contributed by atoms with Gasteiger partial charge in [-0.3, -0.25) is 19.3 Å². The molecule has 5 rings (SSSR count). The minimum Gasteiger partial charge on any atom is -0.341 e. The van der Waals surface area contributed by atoms with E-state index in [1.807, 2.05) is 11.8 Å². The average Bonchev–Trinajstić information content (AvgIpc) is 2.91. The van der Waals surface area contributed by atoms with Crippen LogP contribution in [0.4, 0.5) is 0 Å². The Balaban J connectivity index is 1.59. The molecule has 5 heteroatoms. The molecular formula is C19H26N2O3. The van der Waals surface area contributed by atoms with Gasteiger partial charge in [-0.05, 0) is 50.4 Å². The zero-order valence-corrected chi connectivity index (χ0v) is 14.3. The number of piperidine rings is 1. The molecule has 5 atom stereocenters. The second-order valence-corrected chi connectivity index (χ2v) is 7.70. The highest BCUT2D eigenvalue weighted by Crippen LogP contribution is 2.50. The summed E-state index contributed by atoms with van der Waals surface area (Å²) in [7, 11) is 0. The Morgan fingerprint density at radius 3 is 2.04 bits per heavy atom. The number of amides is 3. The quantitative estimate of drug-likeness (QED) is 0.587. The summed E-state index contributed by atoms with van der Waals surface area (Å²) in [5, 5.41) is 0. The Bertz CT molecular complexity index is 561. The first kappa shape index (κ1) is 15.9. The number of carbonyl (C=O) groups is 3. The third kappa shape index (κ3) is 2.24. The van der Waals surface area contributed by atoms with E-state index in [1.54, 1.807) is 0 Å². The fraction of sp³-hybridized carbons (Fsp3) is 0.737. The maximum Gasteiger partial charge on any atom is 0.245 e. The summed E-state index contributed by atoms with van der Waals surface area (Å²) >= 11 is 0. The van der Waals surface area contributed by atoms with Crippen molar-refractivity contribution in [1.82, 2.24) is 9.80 Å². The first-order valence-corrected chi connectivity index (χ1v) is 9.47. The van der Waals surface area contributed by atoms with E-state index in [-0.39, 0.29) is 41.4 Å². The Morgan fingerprint density at radius 1 is 1.04 bits per heavy atom. The van der Waals surface area contributed by atoms with Gasteiger partial charge in [0.2, 0.25) is 17.7 Å². The van der Waals surface area contributed by atoms with Gasteiger partial charge >= 0.3 is 0 Å². The van der Waals surface area contributed by atoms with Crippen molar-refractivity contribution in [2.24, 2.45) is 23.7 Å². The van der Waals surface area contributed by atoms with Crippen molar-refractivity contribution in [2.75, 3.05) is 13.1 Å². The summed E-state index contributed by atoms with van der Waals surface area (Å²) in [5.74, 6) is -0.289. The molecule has 0 unspecified atom stereocenters.